The van der Waals surface area contributed by atoms with Crippen molar-refractivity contribution in [1.82, 2.24) is 20.3 Å². The summed E-state index contributed by atoms with van der Waals surface area (Å²) in [5, 5.41) is 4.27. The van der Waals surface area contributed by atoms with Crippen LogP contribution in [0.15, 0.2) is 18.5 Å². The van der Waals surface area contributed by atoms with Gasteiger partial charge >= 0.3 is 0 Å². The van der Waals surface area contributed by atoms with Gasteiger partial charge < -0.3 is 5.32 Å². The molecule has 2 heterocycles. The van der Waals surface area contributed by atoms with Gasteiger partial charge in [-0.3, -0.25) is 0 Å². The van der Waals surface area contributed by atoms with Crippen molar-refractivity contribution in [2.24, 2.45) is 0 Å². The number of hydrogen-bond acceptors (Lipinski definition) is 5. The third kappa shape index (κ3) is 3.36. The quantitative estimate of drug-likeness (QED) is 0.932. The van der Waals surface area contributed by atoms with Crippen molar-refractivity contribution in [1.29, 1.82) is 0 Å². The zero-order valence-electron chi connectivity index (χ0n) is 11.9. The minimum atomic E-state index is 0.0360. The lowest BCUT2D eigenvalue weighted by molar-refractivity contribution is 0.561. The van der Waals surface area contributed by atoms with E-state index < -0.39 is 0 Å². The summed E-state index contributed by atoms with van der Waals surface area (Å²) in [6, 6.07) is 1.82. The molecule has 0 aliphatic carbocycles. The highest BCUT2D eigenvalue weighted by atomic mass is 32.1. The Hall–Kier alpha value is -1.33. The molecule has 19 heavy (non-hydrogen) atoms. The Bertz CT molecular complexity index is 528. The summed E-state index contributed by atoms with van der Waals surface area (Å²) < 4.78 is 0. The van der Waals surface area contributed by atoms with Crippen LogP contribution in [0.5, 0.6) is 0 Å². The summed E-state index contributed by atoms with van der Waals surface area (Å²) in [6.45, 7) is 10.5. The maximum absolute atomic E-state index is 4.76. The molecule has 0 bridgehead atoms. The maximum Gasteiger partial charge on any atom is 0.188 e. The minimum Gasteiger partial charge on any atom is -0.312 e. The highest BCUT2D eigenvalue weighted by Gasteiger charge is 2.24. The van der Waals surface area contributed by atoms with Crippen LogP contribution in [0.25, 0.3) is 10.8 Å². The predicted octanol–water partition coefficient (Wildman–Crippen LogP) is 3.01. The molecule has 0 amide bonds. The average molecular weight is 276 g/mol. The molecule has 0 saturated heterocycles. The molecule has 2 rings (SSSR count). The maximum atomic E-state index is 4.76. The molecule has 0 aromatic carbocycles. The number of aromatic nitrogens is 3. The van der Waals surface area contributed by atoms with Crippen LogP contribution < -0.4 is 5.32 Å². The van der Waals surface area contributed by atoms with Gasteiger partial charge in [0.2, 0.25) is 0 Å². The smallest absolute Gasteiger partial charge is 0.188 e. The van der Waals surface area contributed by atoms with Crippen LogP contribution in [-0.2, 0) is 12.0 Å². The van der Waals surface area contributed by atoms with Crippen LogP contribution in [0.4, 0.5) is 0 Å². The molecule has 2 aromatic rings. The molecule has 0 aliphatic heterocycles. The topological polar surface area (TPSA) is 50.7 Å². The van der Waals surface area contributed by atoms with Crippen LogP contribution in [-0.4, -0.2) is 21.5 Å². The van der Waals surface area contributed by atoms with E-state index in [-0.39, 0.29) is 5.41 Å². The molecular weight excluding hydrogens is 256 g/mol. The van der Waals surface area contributed by atoms with E-state index in [1.807, 2.05) is 6.07 Å². The van der Waals surface area contributed by atoms with Gasteiger partial charge in [0.05, 0.1) is 5.69 Å². The van der Waals surface area contributed by atoms with Crippen LogP contribution in [0.1, 0.15) is 38.3 Å². The number of hydrogen-bond donors (Lipinski definition) is 1. The highest BCUT2D eigenvalue weighted by molar-refractivity contribution is 7.15. The van der Waals surface area contributed by atoms with Crippen LogP contribution in [0.3, 0.4) is 0 Å². The van der Waals surface area contributed by atoms with Crippen LogP contribution in [0.2, 0.25) is 0 Å². The van der Waals surface area contributed by atoms with E-state index in [0.717, 1.165) is 23.8 Å². The van der Waals surface area contributed by atoms with Crippen molar-refractivity contribution < 1.29 is 0 Å². The van der Waals surface area contributed by atoms with Crippen molar-refractivity contribution in [2.45, 2.75) is 39.7 Å². The summed E-state index contributed by atoms with van der Waals surface area (Å²) in [4.78, 5) is 14.6. The first-order chi connectivity index (χ1) is 9.02. The first-order valence-electron chi connectivity index (χ1n) is 6.50. The summed E-state index contributed by atoms with van der Waals surface area (Å²) in [5.74, 6) is 0.709. The number of thiazole rings is 1. The largest absolute Gasteiger partial charge is 0.312 e. The normalized spacial score (nSPS) is 11.8. The van der Waals surface area contributed by atoms with Crippen molar-refractivity contribution in [3.63, 3.8) is 0 Å². The molecule has 0 atom stereocenters. The fourth-order valence-electron chi connectivity index (χ4n) is 1.80. The summed E-state index contributed by atoms with van der Waals surface area (Å²) >= 11 is 1.68. The monoisotopic (exact) mass is 276 g/mol. The SMILES string of the molecule is CCNCc1sc(-c2ncccn2)nc1C(C)(C)C. The Morgan fingerprint density at radius 2 is 1.89 bits per heavy atom. The van der Waals surface area contributed by atoms with Crippen LogP contribution in [0, 0.1) is 0 Å². The zero-order chi connectivity index (χ0) is 13.9. The number of nitrogens with zero attached hydrogens (tertiary/aromatic N) is 3. The van der Waals surface area contributed by atoms with E-state index in [0.29, 0.717) is 5.82 Å². The lowest BCUT2D eigenvalue weighted by atomic mass is 9.91. The molecule has 0 aliphatic rings. The molecule has 1 N–H and O–H groups in total. The molecule has 5 heteroatoms. The average Bonchev–Trinajstić information content (AvgIpc) is 2.81. The Balaban J connectivity index is 2.40. The number of nitrogens with one attached hydrogen (secondary N) is 1. The Labute approximate surface area is 118 Å². The second kappa shape index (κ2) is 5.75. The fourth-order valence-corrected chi connectivity index (χ4v) is 2.99. The summed E-state index contributed by atoms with van der Waals surface area (Å²) in [7, 11) is 0. The van der Waals surface area contributed by atoms with Crippen molar-refractivity contribution in [3.8, 4) is 10.8 Å². The van der Waals surface area contributed by atoms with Crippen molar-refractivity contribution >= 4 is 11.3 Å². The third-order valence-corrected chi connectivity index (χ3v) is 3.75. The fraction of sp³-hybridized carbons (Fsp3) is 0.500. The second-order valence-electron chi connectivity index (χ2n) is 5.39. The van der Waals surface area contributed by atoms with Crippen molar-refractivity contribution in [3.05, 3.63) is 29.0 Å². The molecule has 0 fully saturated rings. The molecule has 2 aromatic heterocycles. The van der Waals surface area contributed by atoms with Crippen molar-refractivity contribution in [2.75, 3.05) is 6.54 Å². The Morgan fingerprint density at radius 3 is 2.47 bits per heavy atom. The second-order valence-corrected chi connectivity index (χ2v) is 6.48. The van der Waals surface area contributed by atoms with E-state index in [1.165, 1.54) is 4.88 Å². The van der Waals surface area contributed by atoms with Crippen LogP contribution >= 0.6 is 11.3 Å². The van der Waals surface area contributed by atoms with Gasteiger partial charge in [-0.25, -0.2) is 15.0 Å². The number of rotatable bonds is 4. The van der Waals surface area contributed by atoms with E-state index >= 15 is 0 Å². The molecule has 0 spiro atoms. The third-order valence-electron chi connectivity index (χ3n) is 2.70. The van der Waals surface area contributed by atoms with Gasteiger partial charge in [0, 0.05) is 29.2 Å². The molecule has 0 unspecified atom stereocenters. The Kier molecular flexibility index (Phi) is 4.27. The first kappa shape index (κ1) is 14.1. The lowest BCUT2D eigenvalue weighted by Crippen LogP contribution is -2.18. The van der Waals surface area contributed by atoms with Gasteiger partial charge in [-0.2, -0.15) is 0 Å². The lowest BCUT2D eigenvalue weighted by Gasteiger charge is -2.17. The zero-order valence-corrected chi connectivity index (χ0v) is 12.7. The highest BCUT2D eigenvalue weighted by Crippen LogP contribution is 2.33. The van der Waals surface area contributed by atoms with Gasteiger partial charge in [-0.15, -0.1) is 11.3 Å². The molecule has 0 radical (unpaired) electrons. The van der Waals surface area contributed by atoms with E-state index in [1.54, 1.807) is 23.7 Å². The molecular formula is C14H20N4S. The minimum absolute atomic E-state index is 0.0360. The standard InChI is InChI=1S/C14H20N4S/c1-5-15-9-10-11(14(2,3)4)18-13(19-10)12-16-7-6-8-17-12/h6-8,15H,5,9H2,1-4H3. The molecule has 0 saturated carbocycles. The van der Waals surface area contributed by atoms with E-state index in [9.17, 15) is 0 Å². The van der Waals surface area contributed by atoms with E-state index in [4.69, 9.17) is 4.98 Å². The predicted molar refractivity (Wildman–Crippen MR) is 79.2 cm³/mol. The van der Waals surface area contributed by atoms with Gasteiger partial charge in [0.25, 0.3) is 0 Å². The van der Waals surface area contributed by atoms with Gasteiger partial charge in [-0.1, -0.05) is 27.7 Å². The molecule has 4 nitrogen and oxygen atoms in total. The first-order valence-corrected chi connectivity index (χ1v) is 7.32. The van der Waals surface area contributed by atoms with Gasteiger partial charge in [-0.05, 0) is 12.6 Å². The van der Waals surface area contributed by atoms with Gasteiger partial charge in [0.15, 0.2) is 10.8 Å². The molecule has 102 valence electrons. The Morgan fingerprint density at radius 1 is 1.21 bits per heavy atom. The van der Waals surface area contributed by atoms with Gasteiger partial charge in [0.1, 0.15) is 0 Å². The summed E-state index contributed by atoms with van der Waals surface area (Å²) in [6.07, 6.45) is 3.51. The van der Waals surface area contributed by atoms with E-state index in [2.05, 4.69) is 43.0 Å². The summed E-state index contributed by atoms with van der Waals surface area (Å²) in [5.41, 5.74) is 1.18.